The molecule has 0 spiro atoms. The van der Waals surface area contributed by atoms with Crippen LogP contribution in [0.4, 0.5) is 5.69 Å². The molecule has 2 aromatic carbocycles. The van der Waals surface area contributed by atoms with E-state index in [1.807, 2.05) is 31.7 Å². The van der Waals surface area contributed by atoms with Crippen molar-refractivity contribution in [1.82, 2.24) is 9.97 Å². The van der Waals surface area contributed by atoms with E-state index < -0.39 is 0 Å². The second-order valence-corrected chi connectivity index (χ2v) is 9.54. The van der Waals surface area contributed by atoms with E-state index in [-0.39, 0.29) is 4.83 Å². The Bertz CT molecular complexity index is 1300. The van der Waals surface area contributed by atoms with E-state index in [9.17, 15) is 0 Å². The van der Waals surface area contributed by atoms with Crippen molar-refractivity contribution < 1.29 is 0 Å². The first kappa shape index (κ1) is 20.7. The molecule has 32 heavy (non-hydrogen) atoms. The molecule has 0 aliphatic carbocycles. The molecule has 0 saturated heterocycles. The zero-order valence-electron chi connectivity index (χ0n) is 18.2. The van der Waals surface area contributed by atoms with Crippen LogP contribution in [0.25, 0.3) is 22.4 Å². The average Bonchev–Trinajstić information content (AvgIpc) is 2.81. The normalized spacial score (nSPS) is 15.0. The van der Waals surface area contributed by atoms with Crippen LogP contribution in [0.3, 0.4) is 0 Å². The summed E-state index contributed by atoms with van der Waals surface area (Å²) in [5, 5.41) is 0. The number of rotatable bonds is 4. The van der Waals surface area contributed by atoms with Gasteiger partial charge in [-0.15, -0.1) is 0 Å². The quantitative estimate of drug-likeness (QED) is 0.382. The second-order valence-electron chi connectivity index (χ2n) is 8.22. The van der Waals surface area contributed by atoms with Gasteiger partial charge in [-0.05, 0) is 6.92 Å². The van der Waals surface area contributed by atoms with Crippen LogP contribution in [0.5, 0.6) is 0 Å². The monoisotopic (exact) mass is 480 g/mol. The Hall–Kier alpha value is -3.23. The number of fused-ring (bicyclic) bond motifs is 1. The molecule has 2 unspecified atom stereocenters. The number of anilines is 1. The first-order chi connectivity index (χ1) is 15.6. The standard InChI is InChI=1S/C27H25AsN4/c1-18-4-3-5-21(12-18)22-7-8-24-26(14-22)32(17-31-27(24)28)16-20-6-9-25(30-15-20)23-10-11-29-19(2)13-23/h3-15,17,27H,16,28H2,1-2H3. The van der Waals surface area contributed by atoms with Gasteiger partial charge in [-0.3, -0.25) is 4.98 Å². The molecular formula is C27H25AsN4. The Balaban J connectivity index is 1.44. The first-order valence-electron chi connectivity index (χ1n) is 10.7. The average molecular weight is 480 g/mol. The molecule has 2 atom stereocenters. The van der Waals surface area contributed by atoms with Crippen LogP contribution < -0.4 is 4.90 Å². The van der Waals surface area contributed by atoms with Crippen molar-refractivity contribution in [2.75, 3.05) is 4.90 Å². The van der Waals surface area contributed by atoms with Crippen molar-refractivity contribution >= 4 is 28.9 Å². The van der Waals surface area contributed by atoms with Crippen LogP contribution in [0.2, 0.25) is 0 Å². The van der Waals surface area contributed by atoms with Gasteiger partial charge in [0.25, 0.3) is 0 Å². The summed E-state index contributed by atoms with van der Waals surface area (Å²) in [5.74, 6) is 0. The molecule has 4 nitrogen and oxygen atoms in total. The van der Waals surface area contributed by atoms with Gasteiger partial charge in [0.2, 0.25) is 0 Å². The Kier molecular flexibility index (Phi) is 5.63. The number of aromatic nitrogens is 2. The molecule has 2 aromatic heterocycles. The fourth-order valence-corrected chi connectivity index (χ4v) is 4.81. The number of nitrogens with zero attached hydrogens (tertiary/aromatic N) is 4. The van der Waals surface area contributed by atoms with Crippen LogP contribution in [0.1, 0.15) is 27.2 Å². The van der Waals surface area contributed by atoms with E-state index >= 15 is 0 Å². The van der Waals surface area contributed by atoms with Gasteiger partial charge in [-0.2, -0.15) is 0 Å². The minimum atomic E-state index is 0.218. The number of aliphatic imine (C=N–C) groups is 1. The predicted octanol–water partition coefficient (Wildman–Crippen LogP) is 5.11. The van der Waals surface area contributed by atoms with Gasteiger partial charge in [-0.1, -0.05) is 0 Å². The number of hydrogen-bond donors (Lipinski definition) is 0. The zero-order valence-corrected chi connectivity index (χ0v) is 20.7. The molecule has 0 N–H and O–H groups in total. The first-order valence-corrected chi connectivity index (χ1v) is 12.1. The summed E-state index contributed by atoms with van der Waals surface area (Å²) >= 11 is 1.63. The Morgan fingerprint density at radius 3 is 2.53 bits per heavy atom. The van der Waals surface area contributed by atoms with Crippen molar-refractivity contribution in [2.45, 2.75) is 25.2 Å². The Morgan fingerprint density at radius 1 is 0.875 bits per heavy atom. The minimum absolute atomic E-state index is 0.218. The van der Waals surface area contributed by atoms with E-state index in [1.54, 1.807) is 16.9 Å². The topological polar surface area (TPSA) is 41.4 Å². The van der Waals surface area contributed by atoms with Crippen LogP contribution in [0, 0.1) is 13.8 Å². The molecule has 3 heterocycles. The number of pyridine rings is 2. The van der Waals surface area contributed by atoms with Crippen LogP contribution >= 0.6 is 0 Å². The molecule has 0 bridgehead atoms. The van der Waals surface area contributed by atoms with Crippen molar-refractivity contribution in [1.29, 1.82) is 0 Å². The van der Waals surface area contributed by atoms with Gasteiger partial charge < -0.3 is 0 Å². The van der Waals surface area contributed by atoms with E-state index in [1.165, 1.54) is 27.9 Å². The number of benzene rings is 2. The zero-order chi connectivity index (χ0) is 22.1. The summed E-state index contributed by atoms with van der Waals surface area (Å²) in [4.78, 5) is 16.2. The van der Waals surface area contributed by atoms with Crippen LogP contribution in [-0.4, -0.2) is 33.2 Å². The fraction of sp³-hybridized carbons (Fsp3) is 0.148. The molecule has 0 amide bonds. The summed E-state index contributed by atoms with van der Waals surface area (Å²) in [6.45, 7) is 4.86. The summed E-state index contributed by atoms with van der Waals surface area (Å²) in [6.07, 6.45) is 5.77. The second kappa shape index (κ2) is 8.72. The van der Waals surface area contributed by atoms with Crippen molar-refractivity contribution in [2.24, 2.45) is 4.99 Å². The van der Waals surface area contributed by atoms with Crippen LogP contribution in [-0.2, 0) is 6.54 Å². The molecular weight excluding hydrogens is 455 g/mol. The van der Waals surface area contributed by atoms with E-state index in [0.29, 0.717) is 0 Å². The summed E-state index contributed by atoms with van der Waals surface area (Å²) in [5.41, 5.74) is 10.4. The van der Waals surface area contributed by atoms with E-state index in [2.05, 4.69) is 77.5 Å². The van der Waals surface area contributed by atoms with Gasteiger partial charge in [0.15, 0.2) is 0 Å². The van der Waals surface area contributed by atoms with E-state index in [4.69, 9.17) is 9.98 Å². The summed E-state index contributed by atoms with van der Waals surface area (Å²) < 4.78 is 0. The van der Waals surface area contributed by atoms with Crippen molar-refractivity contribution in [3.8, 4) is 22.4 Å². The molecule has 1 aliphatic rings. The number of hydrogen-bond acceptors (Lipinski definition) is 4. The number of aryl methyl sites for hydroxylation is 2. The predicted molar refractivity (Wildman–Crippen MR) is 135 cm³/mol. The maximum absolute atomic E-state index is 4.74. The van der Waals surface area contributed by atoms with Gasteiger partial charge in [-0.25, -0.2) is 0 Å². The van der Waals surface area contributed by atoms with Gasteiger partial charge in [0, 0.05) is 0 Å². The van der Waals surface area contributed by atoms with Gasteiger partial charge >= 0.3 is 186 Å². The third kappa shape index (κ3) is 4.24. The van der Waals surface area contributed by atoms with Gasteiger partial charge in [0.1, 0.15) is 0 Å². The fourth-order valence-electron chi connectivity index (χ4n) is 4.06. The third-order valence-electron chi connectivity index (χ3n) is 5.75. The van der Waals surface area contributed by atoms with Gasteiger partial charge in [0.05, 0.1) is 0 Å². The molecule has 0 fully saturated rings. The van der Waals surface area contributed by atoms with Crippen LogP contribution in [0.15, 0.2) is 84.1 Å². The molecule has 5 rings (SSSR count). The molecule has 158 valence electrons. The van der Waals surface area contributed by atoms with Crippen molar-refractivity contribution in [3.63, 3.8) is 0 Å². The third-order valence-corrected chi connectivity index (χ3v) is 6.86. The Morgan fingerprint density at radius 2 is 1.75 bits per heavy atom. The van der Waals surface area contributed by atoms with Crippen molar-refractivity contribution in [3.05, 3.63) is 102 Å². The molecule has 1 aliphatic heterocycles. The van der Waals surface area contributed by atoms with E-state index in [0.717, 1.165) is 29.1 Å². The molecule has 0 saturated carbocycles. The summed E-state index contributed by atoms with van der Waals surface area (Å²) in [6, 6.07) is 23.7. The molecule has 0 radical (unpaired) electrons. The summed E-state index contributed by atoms with van der Waals surface area (Å²) in [7, 11) is 0. The SMILES string of the molecule is Cc1cccc(-c2ccc3c(c2)N(Cc2ccc(-c4ccnc(C)c4)nc2)C=NC3[AsH2])c1. The maximum atomic E-state index is 4.74. The molecule has 4 aromatic rings. The Labute approximate surface area is 197 Å². The molecule has 5 heteroatoms.